The molecule has 0 spiro atoms. The van der Waals surface area contributed by atoms with Gasteiger partial charge in [-0.15, -0.1) is 11.3 Å². The lowest BCUT2D eigenvalue weighted by molar-refractivity contribution is 0.716. The summed E-state index contributed by atoms with van der Waals surface area (Å²) in [6, 6.07) is 5.70. The van der Waals surface area contributed by atoms with Crippen LogP contribution in [0, 0.1) is 13.8 Å². The van der Waals surface area contributed by atoms with E-state index in [0.29, 0.717) is 5.02 Å². The van der Waals surface area contributed by atoms with Crippen LogP contribution in [-0.4, -0.2) is 4.98 Å². The van der Waals surface area contributed by atoms with Crippen molar-refractivity contribution in [1.29, 1.82) is 0 Å². The largest absolute Gasteiger partial charge is 0.324 e. The Morgan fingerprint density at radius 1 is 1.44 bits per heavy atom. The van der Waals surface area contributed by atoms with Gasteiger partial charge in [-0.05, 0) is 41.4 Å². The summed E-state index contributed by atoms with van der Waals surface area (Å²) in [6.07, 6.45) is 0.718. The van der Waals surface area contributed by atoms with Gasteiger partial charge in [0.05, 0.1) is 15.7 Å². The van der Waals surface area contributed by atoms with E-state index < -0.39 is 0 Å². The second-order valence-electron chi connectivity index (χ2n) is 4.20. The zero-order chi connectivity index (χ0) is 13.3. The molecular weight excluding hydrogens is 332 g/mol. The van der Waals surface area contributed by atoms with Gasteiger partial charge in [-0.1, -0.05) is 23.7 Å². The zero-order valence-corrected chi connectivity index (χ0v) is 13.4. The summed E-state index contributed by atoms with van der Waals surface area (Å²) >= 11 is 11.4. The molecule has 2 rings (SSSR count). The summed E-state index contributed by atoms with van der Waals surface area (Å²) in [6.45, 7) is 4.10. The molecule has 0 saturated heterocycles. The number of nitrogens with two attached hydrogens (primary N) is 1. The third-order valence-corrected chi connectivity index (χ3v) is 5.25. The van der Waals surface area contributed by atoms with Crippen LogP contribution in [0.3, 0.4) is 0 Å². The molecule has 1 heterocycles. The van der Waals surface area contributed by atoms with Gasteiger partial charge in [0, 0.05) is 21.8 Å². The molecule has 1 unspecified atom stereocenters. The molecular formula is C13H14BrClN2S. The molecule has 0 amide bonds. The van der Waals surface area contributed by atoms with Crippen LogP contribution in [0.2, 0.25) is 5.02 Å². The number of benzene rings is 1. The molecule has 0 saturated carbocycles. The molecule has 96 valence electrons. The van der Waals surface area contributed by atoms with Gasteiger partial charge in [-0.2, -0.15) is 0 Å². The number of nitrogens with zero attached hydrogens (tertiary/aromatic N) is 1. The van der Waals surface area contributed by atoms with E-state index in [2.05, 4.69) is 27.8 Å². The van der Waals surface area contributed by atoms with Crippen molar-refractivity contribution in [2.45, 2.75) is 26.3 Å². The van der Waals surface area contributed by atoms with Gasteiger partial charge in [0.25, 0.3) is 0 Å². The topological polar surface area (TPSA) is 38.9 Å². The molecule has 2 aromatic rings. The van der Waals surface area contributed by atoms with Crippen molar-refractivity contribution in [3.05, 3.63) is 48.8 Å². The average molecular weight is 346 g/mol. The van der Waals surface area contributed by atoms with E-state index >= 15 is 0 Å². The van der Waals surface area contributed by atoms with Crippen molar-refractivity contribution in [2.24, 2.45) is 5.73 Å². The van der Waals surface area contributed by atoms with Crippen molar-refractivity contribution in [1.82, 2.24) is 4.98 Å². The summed E-state index contributed by atoms with van der Waals surface area (Å²) in [4.78, 5) is 5.76. The molecule has 5 heteroatoms. The average Bonchev–Trinajstić information content (AvgIpc) is 2.61. The van der Waals surface area contributed by atoms with E-state index in [0.717, 1.165) is 27.2 Å². The Morgan fingerprint density at radius 3 is 2.78 bits per heavy atom. The minimum atomic E-state index is -0.125. The fourth-order valence-electron chi connectivity index (χ4n) is 1.73. The van der Waals surface area contributed by atoms with E-state index in [1.54, 1.807) is 11.3 Å². The van der Waals surface area contributed by atoms with Crippen molar-refractivity contribution < 1.29 is 0 Å². The highest BCUT2D eigenvalue weighted by atomic mass is 79.9. The van der Waals surface area contributed by atoms with Gasteiger partial charge in [-0.25, -0.2) is 4.98 Å². The quantitative estimate of drug-likeness (QED) is 0.894. The molecule has 0 aliphatic rings. The van der Waals surface area contributed by atoms with Crippen molar-refractivity contribution >= 4 is 38.9 Å². The minimum absolute atomic E-state index is 0.125. The molecule has 1 aromatic carbocycles. The van der Waals surface area contributed by atoms with Crippen molar-refractivity contribution in [3.63, 3.8) is 0 Å². The van der Waals surface area contributed by atoms with Gasteiger partial charge < -0.3 is 5.73 Å². The Balaban J connectivity index is 2.21. The Bertz CT molecular complexity index is 549. The van der Waals surface area contributed by atoms with Crippen LogP contribution in [0.4, 0.5) is 0 Å². The number of aromatic nitrogens is 1. The van der Waals surface area contributed by atoms with Crippen LogP contribution in [0.25, 0.3) is 0 Å². The van der Waals surface area contributed by atoms with Gasteiger partial charge >= 0.3 is 0 Å². The molecule has 18 heavy (non-hydrogen) atoms. The first-order chi connectivity index (χ1) is 8.49. The van der Waals surface area contributed by atoms with Gasteiger partial charge in [0.2, 0.25) is 0 Å². The van der Waals surface area contributed by atoms with E-state index in [1.807, 2.05) is 25.1 Å². The lowest BCUT2D eigenvalue weighted by atomic mass is 10.1. The Hall–Kier alpha value is -0.420. The maximum atomic E-state index is 6.25. The molecule has 0 aliphatic heterocycles. The molecule has 0 bridgehead atoms. The third kappa shape index (κ3) is 2.94. The summed E-state index contributed by atoms with van der Waals surface area (Å²) in [5, 5.41) is 1.75. The number of halogens is 2. The van der Waals surface area contributed by atoms with Crippen molar-refractivity contribution in [3.8, 4) is 0 Å². The van der Waals surface area contributed by atoms with Crippen LogP contribution in [-0.2, 0) is 6.42 Å². The molecule has 1 atom stereocenters. The molecule has 1 aromatic heterocycles. The normalized spacial score (nSPS) is 12.7. The third-order valence-electron chi connectivity index (χ3n) is 2.85. The van der Waals surface area contributed by atoms with Crippen LogP contribution in [0.15, 0.2) is 22.7 Å². The summed E-state index contributed by atoms with van der Waals surface area (Å²) in [5.41, 5.74) is 8.26. The minimum Gasteiger partial charge on any atom is -0.324 e. The highest BCUT2D eigenvalue weighted by Gasteiger charge is 2.15. The Kier molecular flexibility index (Phi) is 4.43. The van der Waals surface area contributed by atoms with Gasteiger partial charge in [0.15, 0.2) is 0 Å². The maximum Gasteiger partial charge on any atom is 0.0949 e. The van der Waals surface area contributed by atoms with E-state index in [9.17, 15) is 0 Å². The first-order valence-electron chi connectivity index (χ1n) is 5.61. The monoisotopic (exact) mass is 344 g/mol. The molecule has 0 fully saturated rings. The lowest BCUT2D eigenvalue weighted by Gasteiger charge is -2.13. The van der Waals surface area contributed by atoms with Crippen LogP contribution >= 0.6 is 38.9 Å². The lowest BCUT2D eigenvalue weighted by Crippen LogP contribution is -2.13. The summed E-state index contributed by atoms with van der Waals surface area (Å²) in [7, 11) is 0. The second kappa shape index (κ2) is 5.70. The van der Waals surface area contributed by atoms with Gasteiger partial charge in [0.1, 0.15) is 0 Å². The standard InChI is InChI=1S/C13H14BrClN2S/c1-7-8(2)18-12(17-7)6-11(16)9-4-3-5-10(14)13(9)15/h3-5,11H,6,16H2,1-2H3. The second-order valence-corrected chi connectivity index (χ2v) is 6.72. The van der Waals surface area contributed by atoms with Crippen LogP contribution in [0.1, 0.15) is 27.2 Å². The molecule has 2 N–H and O–H groups in total. The Labute approximate surface area is 124 Å². The maximum absolute atomic E-state index is 6.25. The van der Waals surface area contributed by atoms with Crippen LogP contribution in [0.5, 0.6) is 0 Å². The zero-order valence-electron chi connectivity index (χ0n) is 10.2. The van der Waals surface area contributed by atoms with Crippen LogP contribution < -0.4 is 5.73 Å². The van der Waals surface area contributed by atoms with E-state index in [4.69, 9.17) is 17.3 Å². The first-order valence-corrected chi connectivity index (χ1v) is 7.60. The SMILES string of the molecule is Cc1nc(CC(N)c2cccc(Br)c2Cl)sc1C. The van der Waals surface area contributed by atoms with E-state index in [-0.39, 0.29) is 6.04 Å². The fraction of sp³-hybridized carbons (Fsp3) is 0.308. The number of rotatable bonds is 3. The van der Waals surface area contributed by atoms with Crippen molar-refractivity contribution in [2.75, 3.05) is 0 Å². The summed E-state index contributed by atoms with van der Waals surface area (Å²) in [5.74, 6) is 0. The number of hydrogen-bond acceptors (Lipinski definition) is 3. The number of aryl methyl sites for hydroxylation is 2. The number of thiazole rings is 1. The predicted molar refractivity (Wildman–Crippen MR) is 81.4 cm³/mol. The highest BCUT2D eigenvalue weighted by Crippen LogP contribution is 2.31. The number of hydrogen-bond donors (Lipinski definition) is 1. The predicted octanol–water partition coefficient (Wildman–Crippen LogP) is 4.42. The molecule has 0 aliphatic carbocycles. The fourth-order valence-corrected chi connectivity index (χ4v) is 3.37. The molecule has 2 nitrogen and oxygen atoms in total. The van der Waals surface area contributed by atoms with E-state index in [1.165, 1.54) is 4.88 Å². The first kappa shape index (κ1) is 14.0. The highest BCUT2D eigenvalue weighted by molar-refractivity contribution is 9.10. The Morgan fingerprint density at radius 2 is 2.17 bits per heavy atom. The smallest absolute Gasteiger partial charge is 0.0949 e. The summed E-state index contributed by atoms with van der Waals surface area (Å²) < 4.78 is 0.878. The molecule has 0 radical (unpaired) electrons. The van der Waals surface area contributed by atoms with Gasteiger partial charge in [-0.3, -0.25) is 0 Å².